The highest BCUT2D eigenvalue weighted by Crippen LogP contribution is 2.32. The number of carbonyl (C=O) groups is 2. The van der Waals surface area contributed by atoms with Gasteiger partial charge in [-0.3, -0.25) is 14.4 Å². The minimum absolute atomic E-state index is 0.108. The molecule has 1 unspecified atom stereocenters. The predicted molar refractivity (Wildman–Crippen MR) is 107 cm³/mol. The number of likely N-dealkylation sites (N-methyl/N-ethyl adjacent to an activating group) is 1. The summed E-state index contributed by atoms with van der Waals surface area (Å²) in [5.41, 5.74) is 0.746. The molecule has 0 aromatic carbocycles. The number of hydrogen-bond donors (Lipinski definition) is 0. The van der Waals surface area contributed by atoms with Crippen molar-refractivity contribution in [2.24, 2.45) is 0 Å². The van der Waals surface area contributed by atoms with Crippen molar-refractivity contribution in [3.05, 3.63) is 11.9 Å². The van der Waals surface area contributed by atoms with Crippen molar-refractivity contribution in [1.82, 2.24) is 19.0 Å². The van der Waals surface area contributed by atoms with Crippen LogP contribution in [0.4, 0.5) is 10.5 Å². The summed E-state index contributed by atoms with van der Waals surface area (Å²) in [7, 11) is -1.92. The lowest BCUT2D eigenvalue weighted by Gasteiger charge is -2.36. The summed E-state index contributed by atoms with van der Waals surface area (Å²) >= 11 is 0. The summed E-state index contributed by atoms with van der Waals surface area (Å²) < 4.78 is 32.2. The molecule has 2 aliphatic heterocycles. The topological polar surface area (TPSA) is 105 Å². The van der Waals surface area contributed by atoms with Gasteiger partial charge in [0.1, 0.15) is 5.60 Å². The van der Waals surface area contributed by atoms with Gasteiger partial charge in [0.15, 0.2) is 0 Å². The molecule has 2 atom stereocenters. The van der Waals surface area contributed by atoms with E-state index in [1.165, 1.54) is 11.4 Å². The Labute approximate surface area is 171 Å². The highest BCUT2D eigenvalue weighted by atomic mass is 32.2. The smallest absolute Gasteiger partial charge is 0.410 e. The van der Waals surface area contributed by atoms with Crippen LogP contribution in [0.25, 0.3) is 0 Å². The van der Waals surface area contributed by atoms with Crippen LogP contribution in [0.2, 0.25) is 0 Å². The van der Waals surface area contributed by atoms with Crippen LogP contribution in [0.3, 0.4) is 0 Å². The Kier molecular flexibility index (Phi) is 5.41. The Bertz CT molecular complexity index is 920. The fourth-order valence-corrected chi connectivity index (χ4v) is 4.30. The number of ether oxygens (including phenoxy) is 1. The Balaban J connectivity index is 1.83. The average Bonchev–Trinajstić information content (AvgIpc) is 3.13. The van der Waals surface area contributed by atoms with Gasteiger partial charge in [-0.2, -0.15) is 9.40 Å². The molecule has 0 spiro atoms. The average molecular weight is 428 g/mol. The minimum Gasteiger partial charge on any atom is -0.444 e. The van der Waals surface area contributed by atoms with Crippen LogP contribution < -0.4 is 4.90 Å². The van der Waals surface area contributed by atoms with Crippen LogP contribution in [-0.4, -0.2) is 76.9 Å². The standard InChI is InChI=1S/C18H29N5O5S/c1-12-9-23-15(11-21(12)17(25)28-18(2,3)4)14(8-19-23)22-10-13(7-16(22)24)20(5)29(6,26)27/h8,12-13H,7,9-11H2,1-6H3/t12-,13?/m0/s1. The quantitative estimate of drug-likeness (QED) is 0.713. The summed E-state index contributed by atoms with van der Waals surface area (Å²) in [5.74, 6) is -0.163. The molecule has 2 aliphatic rings. The number of sulfonamides is 1. The molecule has 3 rings (SSSR count). The fraction of sp³-hybridized carbons (Fsp3) is 0.722. The van der Waals surface area contributed by atoms with E-state index in [0.717, 1.165) is 11.9 Å². The molecule has 11 heteroatoms. The molecule has 0 aliphatic carbocycles. The van der Waals surface area contributed by atoms with E-state index in [1.54, 1.807) is 20.7 Å². The van der Waals surface area contributed by atoms with Crippen LogP contribution in [-0.2, 0) is 32.6 Å². The number of amides is 2. The maximum atomic E-state index is 12.6. The van der Waals surface area contributed by atoms with Crippen LogP contribution >= 0.6 is 0 Å². The van der Waals surface area contributed by atoms with Crippen molar-refractivity contribution in [1.29, 1.82) is 0 Å². The van der Waals surface area contributed by atoms with Crippen molar-refractivity contribution in [3.8, 4) is 0 Å². The van der Waals surface area contributed by atoms with Gasteiger partial charge in [-0.1, -0.05) is 0 Å². The van der Waals surface area contributed by atoms with E-state index < -0.39 is 27.8 Å². The van der Waals surface area contributed by atoms with Gasteiger partial charge < -0.3 is 9.64 Å². The summed E-state index contributed by atoms with van der Waals surface area (Å²) in [4.78, 5) is 28.4. The minimum atomic E-state index is -3.40. The Morgan fingerprint density at radius 2 is 1.97 bits per heavy atom. The second-order valence-corrected chi connectivity index (χ2v) is 10.8. The first-order valence-electron chi connectivity index (χ1n) is 9.55. The zero-order chi connectivity index (χ0) is 21.7. The molecule has 1 aromatic rings. The third-order valence-electron chi connectivity index (χ3n) is 5.28. The zero-order valence-electron chi connectivity index (χ0n) is 17.7. The van der Waals surface area contributed by atoms with Gasteiger partial charge in [0.05, 0.1) is 49.0 Å². The molecule has 0 bridgehead atoms. The van der Waals surface area contributed by atoms with Gasteiger partial charge in [-0.15, -0.1) is 0 Å². The maximum Gasteiger partial charge on any atom is 0.410 e. The number of anilines is 1. The number of hydrogen-bond acceptors (Lipinski definition) is 6. The SMILES string of the molecule is C[C@H]1Cn2ncc(N3CC(N(C)S(C)(=O)=O)CC3=O)c2CN1C(=O)OC(C)(C)C. The van der Waals surface area contributed by atoms with Gasteiger partial charge >= 0.3 is 6.09 Å². The summed E-state index contributed by atoms with van der Waals surface area (Å²) in [6.45, 7) is 8.38. The molecule has 10 nitrogen and oxygen atoms in total. The van der Waals surface area contributed by atoms with E-state index in [-0.39, 0.29) is 31.5 Å². The van der Waals surface area contributed by atoms with Crippen LogP contribution in [0.5, 0.6) is 0 Å². The van der Waals surface area contributed by atoms with Gasteiger partial charge in [0, 0.05) is 20.0 Å². The van der Waals surface area contributed by atoms with Crippen molar-refractivity contribution < 1.29 is 22.7 Å². The van der Waals surface area contributed by atoms with E-state index in [2.05, 4.69) is 5.10 Å². The zero-order valence-corrected chi connectivity index (χ0v) is 18.6. The van der Waals surface area contributed by atoms with Gasteiger partial charge in [0.25, 0.3) is 0 Å². The van der Waals surface area contributed by atoms with Gasteiger partial charge in [-0.25, -0.2) is 13.2 Å². The van der Waals surface area contributed by atoms with Crippen LogP contribution in [0.1, 0.15) is 39.8 Å². The van der Waals surface area contributed by atoms with Crippen molar-refractivity contribution in [2.75, 3.05) is 24.7 Å². The lowest BCUT2D eigenvalue weighted by atomic mass is 10.2. The van der Waals surface area contributed by atoms with Gasteiger partial charge in [0.2, 0.25) is 15.9 Å². The molecule has 2 amide bonds. The fourth-order valence-electron chi connectivity index (χ4n) is 3.61. The van der Waals surface area contributed by atoms with Crippen LogP contribution in [0.15, 0.2) is 6.20 Å². The van der Waals surface area contributed by atoms with E-state index in [1.807, 2.05) is 27.7 Å². The van der Waals surface area contributed by atoms with E-state index in [9.17, 15) is 18.0 Å². The van der Waals surface area contributed by atoms with Gasteiger partial charge in [-0.05, 0) is 27.7 Å². The number of rotatable bonds is 3. The first-order chi connectivity index (χ1) is 13.3. The third kappa shape index (κ3) is 4.40. The summed E-state index contributed by atoms with van der Waals surface area (Å²) in [6, 6.07) is -0.541. The third-order valence-corrected chi connectivity index (χ3v) is 6.62. The molecule has 1 aromatic heterocycles. The molecule has 1 saturated heterocycles. The largest absolute Gasteiger partial charge is 0.444 e. The molecule has 1 fully saturated rings. The number of fused-ring (bicyclic) bond motifs is 1. The predicted octanol–water partition coefficient (Wildman–Crippen LogP) is 1.02. The number of nitrogens with zero attached hydrogens (tertiary/aromatic N) is 5. The molecule has 3 heterocycles. The molecule has 29 heavy (non-hydrogen) atoms. The van der Waals surface area contributed by atoms with E-state index in [4.69, 9.17) is 4.74 Å². The molecule has 0 radical (unpaired) electrons. The Hall–Kier alpha value is -2.14. The molecule has 162 valence electrons. The Morgan fingerprint density at radius 1 is 1.31 bits per heavy atom. The summed E-state index contributed by atoms with van der Waals surface area (Å²) in [5, 5.41) is 4.39. The first-order valence-corrected chi connectivity index (χ1v) is 11.4. The molecule has 0 N–H and O–H groups in total. The second-order valence-electron chi connectivity index (χ2n) is 8.76. The summed E-state index contributed by atoms with van der Waals surface area (Å²) in [6.07, 6.45) is 2.44. The van der Waals surface area contributed by atoms with Crippen molar-refractivity contribution in [2.45, 2.75) is 64.9 Å². The van der Waals surface area contributed by atoms with Crippen molar-refractivity contribution in [3.63, 3.8) is 0 Å². The highest BCUT2D eigenvalue weighted by Gasteiger charge is 2.40. The Morgan fingerprint density at radius 3 is 2.55 bits per heavy atom. The first kappa shape index (κ1) is 21.6. The van der Waals surface area contributed by atoms with E-state index >= 15 is 0 Å². The molecule has 0 saturated carbocycles. The monoisotopic (exact) mass is 427 g/mol. The number of aromatic nitrogens is 2. The second kappa shape index (κ2) is 7.28. The highest BCUT2D eigenvalue weighted by molar-refractivity contribution is 7.88. The maximum absolute atomic E-state index is 12.6. The molecular formula is C18H29N5O5S. The normalized spacial score (nSPS) is 22.9. The lowest BCUT2D eigenvalue weighted by Crippen LogP contribution is -2.47. The molecular weight excluding hydrogens is 398 g/mol. The lowest BCUT2D eigenvalue weighted by molar-refractivity contribution is -0.117. The van der Waals surface area contributed by atoms with E-state index in [0.29, 0.717) is 12.2 Å². The van der Waals surface area contributed by atoms with Crippen molar-refractivity contribution >= 4 is 27.7 Å². The van der Waals surface area contributed by atoms with Crippen LogP contribution in [0, 0.1) is 0 Å². The number of carbonyl (C=O) groups excluding carboxylic acids is 2.